The molecule has 25 heavy (non-hydrogen) atoms. The standard InChI is InChI=1S/C18H18N4O3/c1-4-21-11(2)8-13(12(21)3)9-15-16(23)20-18(25)22(17(15)24)14-6-5-7-19-10-14/h5-10H,4H2,1-3H3,(H,20,23,25)/b15-9+. The number of imide groups is 2. The summed E-state index contributed by atoms with van der Waals surface area (Å²) in [6, 6.07) is 4.34. The van der Waals surface area contributed by atoms with Crippen molar-refractivity contribution in [1.29, 1.82) is 0 Å². The molecule has 2 aromatic rings. The number of aromatic nitrogens is 2. The van der Waals surface area contributed by atoms with Crippen LogP contribution in [-0.4, -0.2) is 27.4 Å². The van der Waals surface area contributed by atoms with Gasteiger partial charge in [0.15, 0.2) is 0 Å². The van der Waals surface area contributed by atoms with Gasteiger partial charge in [-0.3, -0.25) is 19.9 Å². The molecule has 3 heterocycles. The van der Waals surface area contributed by atoms with Gasteiger partial charge in [0.25, 0.3) is 11.8 Å². The van der Waals surface area contributed by atoms with Crippen LogP contribution in [-0.2, 0) is 16.1 Å². The molecule has 4 amide bonds. The monoisotopic (exact) mass is 338 g/mol. The number of aryl methyl sites for hydroxylation is 1. The van der Waals surface area contributed by atoms with E-state index in [1.807, 2.05) is 26.8 Å². The van der Waals surface area contributed by atoms with Gasteiger partial charge in [-0.25, -0.2) is 9.69 Å². The zero-order valence-electron chi connectivity index (χ0n) is 14.2. The van der Waals surface area contributed by atoms with E-state index in [1.165, 1.54) is 18.5 Å². The summed E-state index contributed by atoms with van der Waals surface area (Å²) >= 11 is 0. The second-order valence-electron chi connectivity index (χ2n) is 5.74. The molecule has 7 heteroatoms. The van der Waals surface area contributed by atoms with Crippen LogP contribution < -0.4 is 10.2 Å². The fourth-order valence-electron chi connectivity index (χ4n) is 2.99. The SMILES string of the molecule is CCn1c(C)cc(/C=C2\C(=O)NC(=O)N(c3cccnc3)C2=O)c1C. The number of rotatable bonds is 3. The Morgan fingerprint density at radius 1 is 1.24 bits per heavy atom. The van der Waals surface area contributed by atoms with E-state index >= 15 is 0 Å². The number of pyridine rings is 1. The number of urea groups is 1. The number of carbonyl (C=O) groups is 3. The van der Waals surface area contributed by atoms with Gasteiger partial charge in [-0.2, -0.15) is 0 Å². The van der Waals surface area contributed by atoms with Crippen LogP contribution >= 0.6 is 0 Å². The van der Waals surface area contributed by atoms with Crippen LogP contribution in [0, 0.1) is 13.8 Å². The van der Waals surface area contributed by atoms with Crippen LogP contribution in [0.15, 0.2) is 36.2 Å². The summed E-state index contributed by atoms with van der Waals surface area (Å²) in [4.78, 5) is 41.9. The number of barbiturate groups is 1. The molecule has 0 atom stereocenters. The summed E-state index contributed by atoms with van der Waals surface area (Å²) in [7, 11) is 0. The quantitative estimate of drug-likeness (QED) is 0.687. The maximum Gasteiger partial charge on any atom is 0.336 e. The maximum absolute atomic E-state index is 12.8. The van der Waals surface area contributed by atoms with Crippen LogP contribution in [0.3, 0.4) is 0 Å². The number of amides is 4. The van der Waals surface area contributed by atoms with E-state index in [9.17, 15) is 14.4 Å². The number of nitrogens with zero attached hydrogens (tertiary/aromatic N) is 3. The van der Waals surface area contributed by atoms with Crippen molar-refractivity contribution in [2.45, 2.75) is 27.3 Å². The largest absolute Gasteiger partial charge is 0.349 e. The smallest absolute Gasteiger partial charge is 0.336 e. The molecular formula is C18H18N4O3. The molecule has 128 valence electrons. The molecule has 0 unspecified atom stereocenters. The number of hydrogen-bond donors (Lipinski definition) is 1. The van der Waals surface area contributed by atoms with Crippen molar-refractivity contribution in [3.05, 3.63) is 53.1 Å². The summed E-state index contributed by atoms with van der Waals surface area (Å²) in [5.74, 6) is -1.36. The zero-order valence-corrected chi connectivity index (χ0v) is 14.2. The van der Waals surface area contributed by atoms with Crippen molar-refractivity contribution in [2.24, 2.45) is 0 Å². The Morgan fingerprint density at radius 3 is 2.60 bits per heavy atom. The average molecular weight is 338 g/mol. The van der Waals surface area contributed by atoms with Crippen molar-refractivity contribution in [3.63, 3.8) is 0 Å². The van der Waals surface area contributed by atoms with Crippen molar-refractivity contribution in [3.8, 4) is 0 Å². The summed E-state index contributed by atoms with van der Waals surface area (Å²) in [6.07, 6.45) is 4.47. The summed E-state index contributed by atoms with van der Waals surface area (Å²) in [5, 5.41) is 2.21. The predicted octanol–water partition coefficient (Wildman–Crippen LogP) is 2.19. The van der Waals surface area contributed by atoms with Crippen molar-refractivity contribution in [2.75, 3.05) is 4.90 Å². The van der Waals surface area contributed by atoms with Gasteiger partial charge in [0.05, 0.1) is 11.9 Å². The van der Waals surface area contributed by atoms with E-state index in [1.54, 1.807) is 12.1 Å². The first-order chi connectivity index (χ1) is 11.9. The second kappa shape index (κ2) is 6.35. The highest BCUT2D eigenvalue weighted by Crippen LogP contribution is 2.23. The molecule has 1 N–H and O–H groups in total. The lowest BCUT2D eigenvalue weighted by Gasteiger charge is -2.26. The van der Waals surface area contributed by atoms with Gasteiger partial charge in [-0.05, 0) is 50.6 Å². The first kappa shape index (κ1) is 16.6. The minimum atomic E-state index is -0.779. The van der Waals surface area contributed by atoms with Gasteiger partial charge >= 0.3 is 6.03 Å². The molecular weight excluding hydrogens is 320 g/mol. The summed E-state index contributed by atoms with van der Waals surface area (Å²) in [5.41, 5.74) is 2.99. The Bertz CT molecular complexity index is 897. The van der Waals surface area contributed by atoms with E-state index in [0.29, 0.717) is 5.69 Å². The van der Waals surface area contributed by atoms with Crippen molar-refractivity contribution >= 4 is 29.6 Å². The molecule has 1 aliphatic heterocycles. The Balaban J connectivity index is 2.05. The zero-order chi connectivity index (χ0) is 18.1. The van der Waals surface area contributed by atoms with Crippen LogP contribution in [0.5, 0.6) is 0 Å². The second-order valence-corrected chi connectivity index (χ2v) is 5.74. The molecule has 0 spiro atoms. The molecule has 0 bridgehead atoms. The highest BCUT2D eigenvalue weighted by atomic mass is 16.2. The molecule has 1 aliphatic rings. The van der Waals surface area contributed by atoms with Crippen LogP contribution in [0.1, 0.15) is 23.9 Å². The van der Waals surface area contributed by atoms with E-state index in [2.05, 4.69) is 14.9 Å². The number of hydrogen-bond acceptors (Lipinski definition) is 4. The summed E-state index contributed by atoms with van der Waals surface area (Å²) < 4.78 is 2.08. The number of nitrogens with one attached hydrogen (secondary N) is 1. The van der Waals surface area contributed by atoms with Gasteiger partial charge in [0.1, 0.15) is 5.57 Å². The van der Waals surface area contributed by atoms with Crippen molar-refractivity contribution < 1.29 is 14.4 Å². The predicted molar refractivity (Wildman–Crippen MR) is 92.8 cm³/mol. The van der Waals surface area contributed by atoms with Gasteiger partial charge in [0, 0.05) is 24.1 Å². The Hall–Kier alpha value is -3.22. The van der Waals surface area contributed by atoms with E-state index < -0.39 is 17.8 Å². The molecule has 2 aromatic heterocycles. The molecule has 3 rings (SSSR count). The molecule has 0 saturated carbocycles. The summed E-state index contributed by atoms with van der Waals surface area (Å²) in [6.45, 7) is 6.71. The lowest BCUT2D eigenvalue weighted by molar-refractivity contribution is -0.122. The van der Waals surface area contributed by atoms with Gasteiger partial charge in [-0.15, -0.1) is 0 Å². The number of anilines is 1. The van der Waals surface area contributed by atoms with E-state index in [0.717, 1.165) is 28.4 Å². The lowest BCUT2D eigenvalue weighted by Crippen LogP contribution is -2.54. The van der Waals surface area contributed by atoms with Crippen LogP contribution in [0.2, 0.25) is 0 Å². The Morgan fingerprint density at radius 2 is 2.00 bits per heavy atom. The highest BCUT2D eigenvalue weighted by molar-refractivity contribution is 6.39. The maximum atomic E-state index is 12.8. The lowest BCUT2D eigenvalue weighted by atomic mass is 10.1. The molecule has 0 radical (unpaired) electrons. The minimum absolute atomic E-state index is 0.0835. The third-order valence-corrected chi connectivity index (χ3v) is 4.23. The first-order valence-corrected chi connectivity index (χ1v) is 7.92. The van der Waals surface area contributed by atoms with E-state index in [4.69, 9.17) is 0 Å². The van der Waals surface area contributed by atoms with Gasteiger partial charge < -0.3 is 4.57 Å². The Labute approximate surface area is 145 Å². The molecule has 7 nitrogen and oxygen atoms in total. The van der Waals surface area contributed by atoms with E-state index in [-0.39, 0.29) is 5.57 Å². The molecule has 1 saturated heterocycles. The van der Waals surface area contributed by atoms with Crippen LogP contribution in [0.25, 0.3) is 6.08 Å². The number of carbonyl (C=O) groups excluding carboxylic acids is 3. The fraction of sp³-hybridized carbons (Fsp3) is 0.222. The first-order valence-electron chi connectivity index (χ1n) is 7.92. The van der Waals surface area contributed by atoms with Gasteiger partial charge in [0.2, 0.25) is 0 Å². The third kappa shape index (κ3) is 2.84. The molecule has 0 aromatic carbocycles. The third-order valence-electron chi connectivity index (χ3n) is 4.23. The highest BCUT2D eigenvalue weighted by Gasteiger charge is 2.37. The minimum Gasteiger partial charge on any atom is -0.349 e. The molecule has 1 fully saturated rings. The fourth-order valence-corrected chi connectivity index (χ4v) is 2.99. The normalized spacial score (nSPS) is 16.5. The topological polar surface area (TPSA) is 84.3 Å². The van der Waals surface area contributed by atoms with Crippen molar-refractivity contribution in [1.82, 2.24) is 14.9 Å². The average Bonchev–Trinajstić information content (AvgIpc) is 2.85. The van der Waals surface area contributed by atoms with Gasteiger partial charge in [-0.1, -0.05) is 0 Å². The van der Waals surface area contributed by atoms with Crippen LogP contribution in [0.4, 0.5) is 10.5 Å². The molecule has 0 aliphatic carbocycles. The Kier molecular flexibility index (Phi) is 4.22.